The van der Waals surface area contributed by atoms with E-state index in [1.165, 1.54) is 17.0 Å². The highest BCUT2D eigenvalue weighted by Crippen LogP contribution is 2.08. The van der Waals surface area contributed by atoms with Gasteiger partial charge in [-0.05, 0) is 33.2 Å². The standard InChI is InChI=1S/C14H18N4O3/c1-10-11(8-15)4-5-12(16-10)14(21)18(9-13(19)20)7-6-17(2)3/h4-5H,6-7,9H2,1-3H3,(H,19,20). The van der Waals surface area contributed by atoms with Gasteiger partial charge in [-0.3, -0.25) is 9.59 Å². The van der Waals surface area contributed by atoms with E-state index in [0.717, 1.165) is 0 Å². The van der Waals surface area contributed by atoms with Crippen molar-refractivity contribution >= 4 is 11.9 Å². The van der Waals surface area contributed by atoms with Gasteiger partial charge in [-0.1, -0.05) is 0 Å². The summed E-state index contributed by atoms with van der Waals surface area (Å²) in [6, 6.07) is 4.93. The number of aliphatic carboxylic acids is 1. The number of carbonyl (C=O) groups is 2. The van der Waals surface area contributed by atoms with Crippen molar-refractivity contribution in [3.05, 3.63) is 29.1 Å². The second kappa shape index (κ2) is 7.36. The van der Waals surface area contributed by atoms with Crippen LogP contribution >= 0.6 is 0 Å². The summed E-state index contributed by atoms with van der Waals surface area (Å²) in [4.78, 5) is 30.4. The first-order valence-corrected chi connectivity index (χ1v) is 6.38. The van der Waals surface area contributed by atoms with Gasteiger partial charge in [0.25, 0.3) is 5.91 Å². The highest BCUT2D eigenvalue weighted by Gasteiger charge is 2.20. The molecule has 7 heteroatoms. The number of amides is 1. The summed E-state index contributed by atoms with van der Waals surface area (Å²) in [5, 5.41) is 17.8. The van der Waals surface area contributed by atoms with Gasteiger partial charge in [0.05, 0.1) is 11.3 Å². The van der Waals surface area contributed by atoms with Crippen LogP contribution in [0.25, 0.3) is 0 Å². The summed E-state index contributed by atoms with van der Waals surface area (Å²) < 4.78 is 0. The van der Waals surface area contributed by atoms with Gasteiger partial charge < -0.3 is 14.9 Å². The zero-order valence-corrected chi connectivity index (χ0v) is 12.3. The van der Waals surface area contributed by atoms with E-state index in [1.54, 1.807) is 6.92 Å². The lowest BCUT2D eigenvalue weighted by Gasteiger charge is -2.22. The fraction of sp³-hybridized carbons (Fsp3) is 0.429. The zero-order valence-electron chi connectivity index (χ0n) is 12.3. The molecule has 21 heavy (non-hydrogen) atoms. The normalized spacial score (nSPS) is 10.2. The van der Waals surface area contributed by atoms with Crippen LogP contribution in [0.3, 0.4) is 0 Å². The van der Waals surface area contributed by atoms with Gasteiger partial charge in [-0.15, -0.1) is 0 Å². The number of carbonyl (C=O) groups excluding carboxylic acids is 1. The zero-order chi connectivity index (χ0) is 16.0. The molecule has 0 aliphatic heterocycles. The number of likely N-dealkylation sites (N-methyl/N-ethyl adjacent to an activating group) is 1. The number of nitriles is 1. The fourth-order valence-electron chi connectivity index (χ4n) is 1.70. The molecule has 0 saturated carbocycles. The number of rotatable bonds is 6. The lowest BCUT2D eigenvalue weighted by Crippen LogP contribution is -2.40. The van der Waals surface area contributed by atoms with E-state index in [1.807, 2.05) is 25.1 Å². The van der Waals surface area contributed by atoms with Gasteiger partial charge in [-0.2, -0.15) is 5.26 Å². The molecule has 0 aliphatic carbocycles. The number of pyridine rings is 1. The lowest BCUT2D eigenvalue weighted by atomic mass is 10.2. The van der Waals surface area contributed by atoms with Crippen molar-refractivity contribution in [3.63, 3.8) is 0 Å². The maximum absolute atomic E-state index is 12.3. The average molecular weight is 290 g/mol. The van der Waals surface area contributed by atoms with E-state index in [-0.39, 0.29) is 12.2 Å². The molecule has 0 aromatic carbocycles. The number of carboxylic acids is 1. The molecule has 0 radical (unpaired) electrons. The average Bonchev–Trinajstić information content (AvgIpc) is 2.42. The Bertz CT molecular complexity index is 578. The van der Waals surface area contributed by atoms with Crippen LogP contribution in [0.1, 0.15) is 21.7 Å². The SMILES string of the molecule is Cc1nc(C(=O)N(CCN(C)C)CC(=O)O)ccc1C#N. The van der Waals surface area contributed by atoms with E-state index >= 15 is 0 Å². The summed E-state index contributed by atoms with van der Waals surface area (Å²) in [6.07, 6.45) is 0. The number of carboxylic acid groups (broad SMARTS) is 1. The topological polar surface area (TPSA) is 97.5 Å². The van der Waals surface area contributed by atoms with Crippen LogP contribution in [0.15, 0.2) is 12.1 Å². The summed E-state index contributed by atoms with van der Waals surface area (Å²) in [6.45, 7) is 2.09. The number of hydrogen-bond donors (Lipinski definition) is 1. The van der Waals surface area contributed by atoms with Crippen molar-refractivity contribution in [2.24, 2.45) is 0 Å². The molecular formula is C14H18N4O3. The minimum absolute atomic E-state index is 0.145. The molecule has 0 saturated heterocycles. The Hall–Kier alpha value is -2.46. The van der Waals surface area contributed by atoms with Crippen molar-refractivity contribution in [2.75, 3.05) is 33.7 Å². The number of aromatic nitrogens is 1. The fourth-order valence-corrected chi connectivity index (χ4v) is 1.70. The predicted octanol–water partition coefficient (Wildman–Crippen LogP) is 0.350. The molecule has 1 heterocycles. The minimum atomic E-state index is -1.08. The Morgan fingerprint density at radius 3 is 2.48 bits per heavy atom. The van der Waals surface area contributed by atoms with Gasteiger partial charge in [0.1, 0.15) is 18.3 Å². The van der Waals surface area contributed by atoms with Gasteiger partial charge >= 0.3 is 5.97 Å². The highest BCUT2D eigenvalue weighted by atomic mass is 16.4. The smallest absolute Gasteiger partial charge is 0.323 e. The van der Waals surface area contributed by atoms with Crippen LogP contribution in [0.4, 0.5) is 0 Å². The van der Waals surface area contributed by atoms with E-state index in [0.29, 0.717) is 24.3 Å². The third kappa shape index (κ3) is 4.85. The maximum atomic E-state index is 12.3. The second-order valence-electron chi connectivity index (χ2n) is 4.86. The first kappa shape index (κ1) is 16.6. The first-order valence-electron chi connectivity index (χ1n) is 6.38. The van der Waals surface area contributed by atoms with Crippen LogP contribution < -0.4 is 0 Å². The van der Waals surface area contributed by atoms with Gasteiger partial charge in [0.15, 0.2) is 0 Å². The summed E-state index contributed by atoms with van der Waals surface area (Å²) >= 11 is 0. The first-order chi connectivity index (χ1) is 9.85. The summed E-state index contributed by atoms with van der Waals surface area (Å²) in [5.74, 6) is -1.53. The molecule has 1 N–H and O–H groups in total. The molecule has 1 amide bonds. The Balaban J connectivity index is 2.96. The molecular weight excluding hydrogens is 272 g/mol. The van der Waals surface area contributed by atoms with E-state index in [4.69, 9.17) is 10.4 Å². The van der Waals surface area contributed by atoms with Crippen LogP contribution in [0.2, 0.25) is 0 Å². The molecule has 0 spiro atoms. The molecule has 0 unspecified atom stereocenters. The molecule has 0 bridgehead atoms. The molecule has 0 atom stereocenters. The third-order valence-corrected chi connectivity index (χ3v) is 2.86. The second-order valence-corrected chi connectivity index (χ2v) is 4.86. The monoisotopic (exact) mass is 290 g/mol. The molecule has 1 aromatic rings. The Kier molecular flexibility index (Phi) is 5.81. The lowest BCUT2D eigenvalue weighted by molar-refractivity contribution is -0.137. The molecule has 7 nitrogen and oxygen atoms in total. The van der Waals surface area contributed by atoms with Crippen LogP contribution in [0.5, 0.6) is 0 Å². The predicted molar refractivity (Wildman–Crippen MR) is 75.8 cm³/mol. The Morgan fingerprint density at radius 2 is 2.00 bits per heavy atom. The van der Waals surface area contributed by atoms with E-state index < -0.39 is 11.9 Å². The number of hydrogen-bond acceptors (Lipinski definition) is 5. The number of nitrogens with zero attached hydrogens (tertiary/aromatic N) is 4. The number of aryl methyl sites for hydroxylation is 1. The van der Waals surface area contributed by atoms with E-state index in [2.05, 4.69) is 4.98 Å². The van der Waals surface area contributed by atoms with Gasteiger partial charge in [0, 0.05) is 13.1 Å². The van der Waals surface area contributed by atoms with Crippen molar-refractivity contribution < 1.29 is 14.7 Å². The van der Waals surface area contributed by atoms with Crippen LogP contribution in [-0.4, -0.2) is 65.5 Å². The van der Waals surface area contributed by atoms with Gasteiger partial charge in [0.2, 0.25) is 0 Å². The third-order valence-electron chi connectivity index (χ3n) is 2.86. The van der Waals surface area contributed by atoms with Crippen molar-refractivity contribution in [1.82, 2.24) is 14.8 Å². The van der Waals surface area contributed by atoms with Crippen molar-refractivity contribution in [2.45, 2.75) is 6.92 Å². The van der Waals surface area contributed by atoms with Crippen LogP contribution in [-0.2, 0) is 4.79 Å². The quantitative estimate of drug-likeness (QED) is 0.812. The van der Waals surface area contributed by atoms with Crippen molar-refractivity contribution in [1.29, 1.82) is 5.26 Å². The molecule has 112 valence electrons. The van der Waals surface area contributed by atoms with Gasteiger partial charge in [-0.25, -0.2) is 4.98 Å². The molecule has 1 aromatic heterocycles. The van der Waals surface area contributed by atoms with Crippen molar-refractivity contribution in [3.8, 4) is 6.07 Å². The summed E-state index contributed by atoms with van der Waals surface area (Å²) in [5.41, 5.74) is 0.988. The molecule has 1 rings (SSSR count). The van der Waals surface area contributed by atoms with Crippen LogP contribution in [0, 0.1) is 18.3 Å². The molecule has 0 fully saturated rings. The highest BCUT2D eigenvalue weighted by molar-refractivity contribution is 5.94. The minimum Gasteiger partial charge on any atom is -0.480 e. The Labute approximate surface area is 123 Å². The largest absolute Gasteiger partial charge is 0.480 e. The maximum Gasteiger partial charge on any atom is 0.323 e. The summed E-state index contributed by atoms with van der Waals surface area (Å²) in [7, 11) is 3.68. The molecule has 0 aliphatic rings. The Morgan fingerprint density at radius 1 is 1.33 bits per heavy atom. The van der Waals surface area contributed by atoms with E-state index in [9.17, 15) is 9.59 Å².